The van der Waals surface area contributed by atoms with Gasteiger partial charge in [-0.2, -0.15) is 5.10 Å². The third-order valence-electron chi connectivity index (χ3n) is 2.30. The Morgan fingerprint density at radius 3 is 2.79 bits per heavy atom. The van der Waals surface area contributed by atoms with Crippen LogP contribution >= 0.6 is 31.9 Å². The summed E-state index contributed by atoms with van der Waals surface area (Å²) < 4.78 is 6.66. The third-order valence-corrected chi connectivity index (χ3v) is 4.01. The lowest BCUT2D eigenvalue weighted by molar-refractivity contribution is 0.0955. The predicted octanol–water partition coefficient (Wildman–Crippen LogP) is 3.88. The van der Waals surface area contributed by atoms with E-state index in [-0.39, 0.29) is 5.91 Å². The lowest BCUT2D eigenvalue weighted by Gasteiger charge is -2.00. The molecule has 98 valence electrons. The number of aryl methyl sites for hydroxylation is 1. The number of hydrogen-bond acceptors (Lipinski definition) is 3. The molecule has 0 fully saturated rings. The van der Waals surface area contributed by atoms with E-state index in [9.17, 15) is 4.79 Å². The van der Waals surface area contributed by atoms with Gasteiger partial charge in [0.25, 0.3) is 5.91 Å². The normalized spacial score (nSPS) is 10.9. The molecule has 1 amide bonds. The fourth-order valence-electron chi connectivity index (χ4n) is 1.43. The molecule has 0 radical (unpaired) electrons. The van der Waals surface area contributed by atoms with Crippen molar-refractivity contribution in [2.45, 2.75) is 6.92 Å². The van der Waals surface area contributed by atoms with E-state index in [4.69, 9.17) is 4.42 Å². The maximum absolute atomic E-state index is 11.8. The van der Waals surface area contributed by atoms with Crippen LogP contribution in [0.4, 0.5) is 0 Å². The number of carbonyl (C=O) groups is 1. The van der Waals surface area contributed by atoms with Gasteiger partial charge in [0.15, 0.2) is 4.67 Å². The highest BCUT2D eigenvalue weighted by atomic mass is 79.9. The van der Waals surface area contributed by atoms with Crippen LogP contribution in [0.3, 0.4) is 0 Å². The molecule has 0 spiro atoms. The van der Waals surface area contributed by atoms with Gasteiger partial charge in [-0.15, -0.1) is 0 Å². The maximum atomic E-state index is 11.8. The minimum Gasteiger partial charge on any atom is -0.447 e. The van der Waals surface area contributed by atoms with Gasteiger partial charge in [-0.05, 0) is 50.9 Å². The second-order valence-corrected chi connectivity index (χ2v) is 5.41. The average molecular weight is 386 g/mol. The largest absolute Gasteiger partial charge is 0.447 e. The lowest BCUT2D eigenvalue weighted by atomic mass is 10.1. The molecule has 0 saturated carbocycles. The van der Waals surface area contributed by atoms with Gasteiger partial charge in [-0.25, -0.2) is 5.43 Å². The predicted molar refractivity (Wildman–Crippen MR) is 80.3 cm³/mol. The Hall–Kier alpha value is -1.40. The first-order valence-electron chi connectivity index (χ1n) is 5.41. The number of hydrogen-bond donors (Lipinski definition) is 1. The van der Waals surface area contributed by atoms with E-state index in [2.05, 4.69) is 42.4 Å². The Morgan fingerprint density at radius 1 is 1.37 bits per heavy atom. The van der Waals surface area contributed by atoms with Crippen molar-refractivity contribution in [2.75, 3.05) is 0 Å². The highest BCUT2D eigenvalue weighted by Gasteiger charge is 2.05. The van der Waals surface area contributed by atoms with Gasteiger partial charge >= 0.3 is 0 Å². The topological polar surface area (TPSA) is 54.6 Å². The standard InChI is InChI=1S/C13H10Br2N2O2/c1-8-3-2-4-9(5-8)13(18)17-16-7-10-6-11(14)12(15)19-10/h2-7H,1H3,(H,17,18)/b16-7+. The molecular formula is C13H10Br2N2O2. The number of furan rings is 1. The number of carbonyl (C=O) groups excluding carboxylic acids is 1. The summed E-state index contributed by atoms with van der Waals surface area (Å²) in [5.74, 6) is 0.271. The molecule has 0 bridgehead atoms. The first-order valence-corrected chi connectivity index (χ1v) is 7.00. The third kappa shape index (κ3) is 3.78. The van der Waals surface area contributed by atoms with Gasteiger partial charge < -0.3 is 4.42 Å². The number of benzene rings is 1. The van der Waals surface area contributed by atoms with E-state index in [0.717, 1.165) is 10.0 Å². The van der Waals surface area contributed by atoms with Crippen molar-refractivity contribution in [3.05, 3.63) is 56.4 Å². The molecule has 0 saturated heterocycles. The van der Waals surface area contributed by atoms with Gasteiger partial charge in [0.1, 0.15) is 5.76 Å². The van der Waals surface area contributed by atoms with Crippen LogP contribution in [0.25, 0.3) is 0 Å². The summed E-state index contributed by atoms with van der Waals surface area (Å²) in [5, 5.41) is 3.84. The molecule has 2 rings (SSSR count). The smallest absolute Gasteiger partial charge is 0.271 e. The second kappa shape index (κ2) is 6.16. The Morgan fingerprint density at radius 2 is 2.16 bits per heavy atom. The van der Waals surface area contributed by atoms with Crippen molar-refractivity contribution < 1.29 is 9.21 Å². The van der Waals surface area contributed by atoms with Crippen molar-refractivity contribution >= 4 is 44.0 Å². The summed E-state index contributed by atoms with van der Waals surface area (Å²) in [6.45, 7) is 1.93. The Bertz CT molecular complexity index is 616. The van der Waals surface area contributed by atoms with Gasteiger partial charge in [0, 0.05) is 11.6 Å². The van der Waals surface area contributed by atoms with Crippen molar-refractivity contribution in [2.24, 2.45) is 5.10 Å². The Labute approximate surface area is 127 Å². The minimum atomic E-state index is -0.260. The summed E-state index contributed by atoms with van der Waals surface area (Å²) in [6, 6.07) is 9.03. The van der Waals surface area contributed by atoms with Crippen LogP contribution in [-0.4, -0.2) is 12.1 Å². The van der Waals surface area contributed by atoms with E-state index < -0.39 is 0 Å². The van der Waals surface area contributed by atoms with E-state index >= 15 is 0 Å². The van der Waals surface area contributed by atoms with Crippen LogP contribution in [0, 0.1) is 6.92 Å². The number of rotatable bonds is 3. The maximum Gasteiger partial charge on any atom is 0.271 e. The molecule has 1 aromatic heterocycles. The molecular weight excluding hydrogens is 376 g/mol. The number of halogens is 2. The van der Waals surface area contributed by atoms with Gasteiger partial charge in [0.05, 0.1) is 10.7 Å². The summed E-state index contributed by atoms with van der Waals surface area (Å²) >= 11 is 6.51. The van der Waals surface area contributed by atoms with Crippen LogP contribution in [0.15, 0.2) is 49.0 Å². The van der Waals surface area contributed by atoms with Crippen molar-refractivity contribution in [1.82, 2.24) is 5.43 Å². The number of amides is 1. The van der Waals surface area contributed by atoms with Crippen LogP contribution in [0.1, 0.15) is 21.7 Å². The number of nitrogens with zero attached hydrogens (tertiary/aromatic N) is 1. The fourth-order valence-corrected chi connectivity index (χ4v) is 2.04. The molecule has 2 aromatic rings. The molecule has 0 aliphatic rings. The molecule has 4 nitrogen and oxygen atoms in total. The van der Waals surface area contributed by atoms with Crippen molar-refractivity contribution in [1.29, 1.82) is 0 Å². The highest BCUT2D eigenvalue weighted by molar-refractivity contribution is 9.13. The zero-order valence-electron chi connectivity index (χ0n) is 9.98. The molecule has 1 aromatic carbocycles. The SMILES string of the molecule is Cc1cccc(C(=O)N/N=C/c2cc(Br)c(Br)o2)c1. The molecule has 1 N–H and O–H groups in total. The molecule has 6 heteroatoms. The summed E-state index contributed by atoms with van der Waals surface area (Å²) in [7, 11) is 0. The number of hydrazone groups is 1. The molecule has 1 heterocycles. The van der Waals surface area contributed by atoms with Crippen LogP contribution in [-0.2, 0) is 0 Å². The minimum absolute atomic E-state index is 0.260. The highest BCUT2D eigenvalue weighted by Crippen LogP contribution is 2.25. The van der Waals surface area contributed by atoms with E-state index in [1.54, 1.807) is 18.2 Å². The van der Waals surface area contributed by atoms with E-state index in [1.165, 1.54) is 6.21 Å². The molecule has 0 aliphatic heterocycles. The lowest BCUT2D eigenvalue weighted by Crippen LogP contribution is -2.17. The number of nitrogens with one attached hydrogen (secondary N) is 1. The van der Waals surface area contributed by atoms with Crippen molar-refractivity contribution in [3.63, 3.8) is 0 Å². The molecule has 19 heavy (non-hydrogen) atoms. The molecule has 0 atom stereocenters. The van der Waals surface area contributed by atoms with Crippen LogP contribution in [0.5, 0.6) is 0 Å². The zero-order chi connectivity index (χ0) is 13.8. The molecule has 0 aliphatic carbocycles. The Kier molecular flexibility index (Phi) is 4.55. The first kappa shape index (κ1) is 14.0. The summed E-state index contributed by atoms with van der Waals surface area (Å²) in [4.78, 5) is 11.8. The van der Waals surface area contributed by atoms with Gasteiger partial charge in [-0.1, -0.05) is 17.7 Å². The first-order chi connectivity index (χ1) is 9.06. The van der Waals surface area contributed by atoms with Crippen LogP contribution < -0.4 is 5.43 Å². The van der Waals surface area contributed by atoms with Gasteiger partial charge in [0.2, 0.25) is 0 Å². The second-order valence-electron chi connectivity index (χ2n) is 3.84. The van der Waals surface area contributed by atoms with Gasteiger partial charge in [-0.3, -0.25) is 4.79 Å². The fraction of sp³-hybridized carbons (Fsp3) is 0.0769. The average Bonchev–Trinajstić information content (AvgIpc) is 2.68. The summed E-state index contributed by atoms with van der Waals surface area (Å²) in [5.41, 5.74) is 4.04. The van der Waals surface area contributed by atoms with E-state index in [1.807, 2.05) is 19.1 Å². The van der Waals surface area contributed by atoms with Crippen LogP contribution in [0.2, 0.25) is 0 Å². The Balaban J connectivity index is 2.00. The quantitative estimate of drug-likeness (QED) is 0.643. The summed E-state index contributed by atoms with van der Waals surface area (Å²) in [6.07, 6.45) is 1.43. The van der Waals surface area contributed by atoms with E-state index in [0.29, 0.717) is 16.0 Å². The molecule has 0 unspecified atom stereocenters. The zero-order valence-corrected chi connectivity index (χ0v) is 13.2. The monoisotopic (exact) mass is 384 g/mol. The van der Waals surface area contributed by atoms with Crippen molar-refractivity contribution in [3.8, 4) is 0 Å².